The van der Waals surface area contributed by atoms with E-state index in [1.54, 1.807) is 5.92 Å². The number of hydrogen-bond donors (Lipinski definition) is 0. The number of hydrogen-bond acceptors (Lipinski definition) is 2. The van der Waals surface area contributed by atoms with Gasteiger partial charge in [-0.25, -0.2) is 0 Å². The molecule has 0 saturated carbocycles. The van der Waals surface area contributed by atoms with Crippen molar-refractivity contribution in [3.05, 3.63) is 5.92 Å². The lowest BCUT2D eigenvalue weighted by Gasteiger charge is -2.23. The summed E-state index contributed by atoms with van der Waals surface area (Å²) in [7, 11) is 0. The second-order valence-electron chi connectivity index (χ2n) is 11.5. The summed E-state index contributed by atoms with van der Waals surface area (Å²) in [5, 5.41) is 0. The first-order valence-electron chi connectivity index (χ1n) is 16.7. The van der Waals surface area contributed by atoms with E-state index >= 15 is 0 Å². The van der Waals surface area contributed by atoms with Gasteiger partial charge in [-0.15, -0.1) is 0 Å². The van der Waals surface area contributed by atoms with Crippen LogP contribution in [0.2, 0.25) is 0 Å². The van der Waals surface area contributed by atoms with E-state index in [4.69, 9.17) is 9.47 Å². The molecule has 2 nitrogen and oxygen atoms in total. The normalized spacial score (nSPS) is 12.6. The molecule has 0 aliphatic rings. The van der Waals surface area contributed by atoms with Gasteiger partial charge in [0.15, 0.2) is 0 Å². The molecule has 0 aromatic rings. The van der Waals surface area contributed by atoms with Crippen molar-refractivity contribution in [2.45, 2.75) is 182 Å². The molecule has 0 saturated heterocycles. The highest BCUT2D eigenvalue weighted by Gasteiger charge is 2.16. The van der Waals surface area contributed by atoms with Gasteiger partial charge in [-0.1, -0.05) is 156 Å². The van der Waals surface area contributed by atoms with Gasteiger partial charge in [0.2, 0.25) is 0 Å². The van der Waals surface area contributed by atoms with Crippen LogP contribution in [0.5, 0.6) is 0 Å². The van der Waals surface area contributed by atoms with Crippen LogP contribution in [0, 0.1) is 11.8 Å². The Labute approximate surface area is 229 Å². The Kier molecular flexibility index (Phi) is 31.1. The van der Waals surface area contributed by atoms with Crippen LogP contribution in [0.15, 0.2) is 0 Å². The van der Waals surface area contributed by atoms with E-state index in [1.807, 2.05) is 0 Å². The van der Waals surface area contributed by atoms with Crippen molar-refractivity contribution in [3.8, 4) is 0 Å². The van der Waals surface area contributed by atoms with E-state index in [0.29, 0.717) is 5.92 Å². The first-order chi connectivity index (χ1) is 17.8. The Bertz CT molecular complexity index is 383. The molecule has 0 aliphatic heterocycles. The van der Waals surface area contributed by atoms with Crippen molar-refractivity contribution in [2.24, 2.45) is 5.92 Å². The fraction of sp³-hybridized carbons (Fsp3) is 0.971. The molecule has 1 radical (unpaired) electrons. The van der Waals surface area contributed by atoms with E-state index in [-0.39, 0.29) is 0 Å². The highest BCUT2D eigenvalue weighted by atomic mass is 16.5. The summed E-state index contributed by atoms with van der Waals surface area (Å²) in [6.07, 6.45) is 32.7. The first-order valence-corrected chi connectivity index (χ1v) is 16.7. The van der Waals surface area contributed by atoms with Crippen LogP contribution in [0.4, 0.5) is 0 Å². The second-order valence-corrected chi connectivity index (χ2v) is 11.5. The van der Waals surface area contributed by atoms with Crippen molar-refractivity contribution < 1.29 is 9.47 Å². The van der Waals surface area contributed by atoms with E-state index in [0.717, 1.165) is 32.8 Å². The molecule has 0 heterocycles. The van der Waals surface area contributed by atoms with Crippen LogP contribution in [0.1, 0.15) is 182 Å². The van der Waals surface area contributed by atoms with Gasteiger partial charge in [-0.2, -0.15) is 0 Å². The number of rotatable bonds is 31. The zero-order chi connectivity index (χ0) is 26.4. The molecule has 0 aromatic carbocycles. The summed E-state index contributed by atoms with van der Waals surface area (Å²) in [6, 6.07) is 0. The first kappa shape index (κ1) is 35.9. The van der Waals surface area contributed by atoms with Gasteiger partial charge in [-0.05, 0) is 37.5 Å². The molecule has 0 rings (SSSR count). The van der Waals surface area contributed by atoms with Crippen LogP contribution in [-0.2, 0) is 9.47 Å². The zero-order valence-electron chi connectivity index (χ0n) is 25.7. The van der Waals surface area contributed by atoms with Crippen LogP contribution >= 0.6 is 0 Å². The second kappa shape index (κ2) is 31.1. The summed E-state index contributed by atoms with van der Waals surface area (Å²) in [4.78, 5) is 0. The Morgan fingerprint density at radius 1 is 0.417 bits per heavy atom. The molecule has 0 fully saturated rings. The van der Waals surface area contributed by atoms with Crippen LogP contribution in [-0.4, -0.2) is 26.4 Å². The average molecular weight is 510 g/mol. The van der Waals surface area contributed by atoms with Gasteiger partial charge >= 0.3 is 0 Å². The van der Waals surface area contributed by atoms with Crippen molar-refractivity contribution in [1.82, 2.24) is 0 Å². The predicted molar refractivity (Wildman–Crippen MR) is 162 cm³/mol. The van der Waals surface area contributed by atoms with Crippen LogP contribution < -0.4 is 0 Å². The van der Waals surface area contributed by atoms with E-state index < -0.39 is 0 Å². The van der Waals surface area contributed by atoms with E-state index in [2.05, 4.69) is 27.7 Å². The molecule has 0 aliphatic carbocycles. The lowest BCUT2D eigenvalue weighted by Crippen LogP contribution is -2.15. The predicted octanol–water partition coefficient (Wildman–Crippen LogP) is 11.7. The summed E-state index contributed by atoms with van der Waals surface area (Å²) in [5.41, 5.74) is 0. The lowest BCUT2D eigenvalue weighted by atomic mass is 9.85. The minimum absolute atomic E-state index is 0.712. The molecule has 36 heavy (non-hydrogen) atoms. The van der Waals surface area contributed by atoms with E-state index in [9.17, 15) is 0 Å². The van der Waals surface area contributed by atoms with Gasteiger partial charge in [0.25, 0.3) is 0 Å². The molecule has 0 bridgehead atoms. The van der Waals surface area contributed by atoms with Crippen molar-refractivity contribution in [3.63, 3.8) is 0 Å². The smallest absolute Gasteiger partial charge is 0.0471 e. The molecule has 1 unspecified atom stereocenters. The average Bonchev–Trinajstić information content (AvgIpc) is 2.88. The molecule has 1 atom stereocenters. The minimum Gasteiger partial charge on any atom is -0.381 e. The lowest BCUT2D eigenvalue weighted by molar-refractivity contribution is 0.109. The van der Waals surface area contributed by atoms with Gasteiger partial charge in [0, 0.05) is 26.4 Å². The Morgan fingerprint density at radius 2 is 0.806 bits per heavy atom. The molecule has 217 valence electrons. The van der Waals surface area contributed by atoms with Gasteiger partial charge in [0.05, 0.1) is 0 Å². The molecular formula is C34H69O2. The standard InChI is InChI=1S/C34H69O2/c1-5-8-10-12-14-16-18-20-22-24-29-35-31-27-33(4)34(26-7-3)28-32-36-30-25-23-21-19-17-15-13-11-9-6-2/h34H,5-32H2,1-4H3. The zero-order valence-corrected chi connectivity index (χ0v) is 25.7. The monoisotopic (exact) mass is 510 g/mol. The molecule has 0 aromatic heterocycles. The maximum absolute atomic E-state index is 6.01. The third kappa shape index (κ3) is 27.0. The topological polar surface area (TPSA) is 18.5 Å². The van der Waals surface area contributed by atoms with Gasteiger partial charge < -0.3 is 9.47 Å². The largest absolute Gasteiger partial charge is 0.381 e. The minimum atomic E-state index is 0.712. The van der Waals surface area contributed by atoms with Crippen molar-refractivity contribution in [2.75, 3.05) is 26.4 Å². The molecule has 0 N–H and O–H groups in total. The quantitative estimate of drug-likeness (QED) is 0.0865. The molecule has 2 heteroatoms. The van der Waals surface area contributed by atoms with Crippen LogP contribution in [0.25, 0.3) is 0 Å². The highest BCUT2D eigenvalue weighted by molar-refractivity contribution is 4.91. The third-order valence-electron chi connectivity index (χ3n) is 7.87. The Hall–Kier alpha value is -0.0800. The SMILES string of the molecule is CCCCCCCCCCCCOCC[C](C)C(CCC)CCOCCCCCCCCCCCC. The summed E-state index contributed by atoms with van der Waals surface area (Å²) in [5.74, 6) is 2.34. The summed E-state index contributed by atoms with van der Waals surface area (Å²) in [6.45, 7) is 13.0. The van der Waals surface area contributed by atoms with Crippen molar-refractivity contribution in [1.29, 1.82) is 0 Å². The summed E-state index contributed by atoms with van der Waals surface area (Å²) >= 11 is 0. The number of unbranched alkanes of at least 4 members (excludes halogenated alkanes) is 18. The van der Waals surface area contributed by atoms with Gasteiger partial charge in [0.1, 0.15) is 0 Å². The van der Waals surface area contributed by atoms with Crippen LogP contribution in [0.3, 0.4) is 0 Å². The fourth-order valence-electron chi connectivity index (χ4n) is 5.24. The maximum atomic E-state index is 6.01. The van der Waals surface area contributed by atoms with Crippen molar-refractivity contribution >= 4 is 0 Å². The highest BCUT2D eigenvalue weighted by Crippen LogP contribution is 2.26. The molecule has 0 amide bonds. The maximum Gasteiger partial charge on any atom is 0.0471 e. The molecular weight excluding hydrogens is 440 g/mol. The fourth-order valence-corrected chi connectivity index (χ4v) is 5.24. The van der Waals surface area contributed by atoms with Gasteiger partial charge in [-0.3, -0.25) is 0 Å². The Morgan fingerprint density at radius 3 is 1.22 bits per heavy atom. The molecule has 0 spiro atoms. The third-order valence-corrected chi connectivity index (χ3v) is 7.87. The Balaban J connectivity index is 3.53. The van der Waals surface area contributed by atoms with E-state index in [1.165, 1.54) is 148 Å². The summed E-state index contributed by atoms with van der Waals surface area (Å²) < 4.78 is 12.0. The number of ether oxygens (including phenoxy) is 2.